The maximum atomic E-state index is 14.0. The van der Waals surface area contributed by atoms with E-state index in [9.17, 15) is 9.18 Å². The zero-order valence-electron chi connectivity index (χ0n) is 11.4. The van der Waals surface area contributed by atoms with E-state index in [-0.39, 0.29) is 11.3 Å². The molecule has 0 saturated heterocycles. The molecule has 0 fully saturated rings. The van der Waals surface area contributed by atoms with Crippen molar-refractivity contribution in [3.63, 3.8) is 0 Å². The van der Waals surface area contributed by atoms with Crippen LogP contribution in [0.2, 0.25) is 0 Å². The van der Waals surface area contributed by atoms with Crippen LogP contribution in [0.3, 0.4) is 0 Å². The van der Waals surface area contributed by atoms with E-state index >= 15 is 0 Å². The number of halogens is 1. The van der Waals surface area contributed by atoms with Gasteiger partial charge in [-0.3, -0.25) is 4.79 Å². The Morgan fingerprint density at radius 2 is 1.94 bits per heavy atom. The smallest absolute Gasteiger partial charge is 0.313 e. The predicted molar refractivity (Wildman–Crippen MR) is 67.2 cm³/mol. The number of hydrogen-bond donors (Lipinski definition) is 0. The molecule has 0 aliphatic rings. The SMILES string of the molecule is COc1cccc(C(C)C(=O)OC(C)(C)C)c1F. The zero-order chi connectivity index (χ0) is 13.9. The number of methoxy groups -OCH3 is 1. The second-order valence-corrected chi connectivity index (χ2v) is 5.12. The lowest BCUT2D eigenvalue weighted by Crippen LogP contribution is -2.27. The van der Waals surface area contributed by atoms with E-state index in [0.29, 0.717) is 0 Å². The topological polar surface area (TPSA) is 35.5 Å². The van der Waals surface area contributed by atoms with Gasteiger partial charge in [0.1, 0.15) is 5.60 Å². The van der Waals surface area contributed by atoms with Crippen molar-refractivity contribution >= 4 is 5.97 Å². The van der Waals surface area contributed by atoms with Crippen molar-refractivity contribution in [3.05, 3.63) is 29.6 Å². The molecule has 1 rings (SSSR count). The van der Waals surface area contributed by atoms with Crippen molar-refractivity contribution in [1.29, 1.82) is 0 Å². The van der Waals surface area contributed by atoms with Crippen molar-refractivity contribution in [2.75, 3.05) is 7.11 Å². The highest BCUT2D eigenvalue weighted by Crippen LogP contribution is 2.27. The lowest BCUT2D eigenvalue weighted by molar-refractivity contribution is -0.156. The Hall–Kier alpha value is -1.58. The Morgan fingerprint density at radius 3 is 2.44 bits per heavy atom. The van der Waals surface area contributed by atoms with Crippen molar-refractivity contribution in [2.24, 2.45) is 0 Å². The van der Waals surface area contributed by atoms with Gasteiger partial charge in [0, 0.05) is 5.56 Å². The van der Waals surface area contributed by atoms with Gasteiger partial charge in [-0.2, -0.15) is 0 Å². The molecule has 0 aliphatic carbocycles. The van der Waals surface area contributed by atoms with Crippen LogP contribution in [-0.4, -0.2) is 18.7 Å². The van der Waals surface area contributed by atoms with Gasteiger partial charge in [-0.15, -0.1) is 0 Å². The van der Waals surface area contributed by atoms with Crippen LogP contribution >= 0.6 is 0 Å². The number of benzene rings is 1. The molecular weight excluding hydrogens is 235 g/mol. The number of carbonyl (C=O) groups is 1. The van der Waals surface area contributed by atoms with Crippen LogP contribution in [-0.2, 0) is 9.53 Å². The van der Waals surface area contributed by atoms with Crippen molar-refractivity contribution < 1.29 is 18.7 Å². The monoisotopic (exact) mass is 254 g/mol. The first-order valence-electron chi connectivity index (χ1n) is 5.81. The van der Waals surface area contributed by atoms with Gasteiger partial charge in [0.05, 0.1) is 13.0 Å². The zero-order valence-corrected chi connectivity index (χ0v) is 11.4. The predicted octanol–water partition coefficient (Wildman–Crippen LogP) is 3.28. The van der Waals surface area contributed by atoms with Crippen LogP contribution in [0.1, 0.15) is 39.2 Å². The fraction of sp³-hybridized carbons (Fsp3) is 0.500. The summed E-state index contributed by atoms with van der Waals surface area (Å²) in [6.45, 7) is 6.95. The molecule has 100 valence electrons. The fourth-order valence-corrected chi connectivity index (χ4v) is 1.54. The summed E-state index contributed by atoms with van der Waals surface area (Å²) in [6, 6.07) is 4.73. The van der Waals surface area contributed by atoms with Crippen LogP contribution in [0.5, 0.6) is 5.75 Å². The standard InChI is InChI=1S/C14H19FO3/c1-9(13(16)18-14(2,3)4)10-7-6-8-11(17-5)12(10)15/h6-9H,1-5H3. The van der Waals surface area contributed by atoms with E-state index in [1.165, 1.54) is 13.2 Å². The normalized spacial score (nSPS) is 13.0. The summed E-state index contributed by atoms with van der Waals surface area (Å²) in [5.41, 5.74) is -0.302. The molecule has 3 nitrogen and oxygen atoms in total. The molecule has 1 aromatic carbocycles. The van der Waals surface area contributed by atoms with E-state index in [1.807, 2.05) is 0 Å². The molecule has 0 aliphatic heterocycles. The Balaban J connectivity index is 2.97. The van der Waals surface area contributed by atoms with Gasteiger partial charge in [0.25, 0.3) is 0 Å². The second kappa shape index (κ2) is 5.38. The van der Waals surface area contributed by atoms with Gasteiger partial charge in [-0.1, -0.05) is 12.1 Å². The summed E-state index contributed by atoms with van der Waals surface area (Å²) in [6.07, 6.45) is 0. The molecule has 0 N–H and O–H groups in total. The summed E-state index contributed by atoms with van der Waals surface area (Å²) in [4.78, 5) is 11.9. The van der Waals surface area contributed by atoms with Gasteiger partial charge in [-0.05, 0) is 33.8 Å². The third-order valence-corrected chi connectivity index (χ3v) is 2.44. The van der Waals surface area contributed by atoms with Crippen molar-refractivity contribution in [2.45, 2.75) is 39.2 Å². The van der Waals surface area contributed by atoms with Crippen LogP contribution in [0.4, 0.5) is 4.39 Å². The Morgan fingerprint density at radius 1 is 1.33 bits per heavy atom. The van der Waals surface area contributed by atoms with Crippen LogP contribution in [0, 0.1) is 5.82 Å². The van der Waals surface area contributed by atoms with Gasteiger partial charge in [0.2, 0.25) is 0 Å². The summed E-state index contributed by atoms with van der Waals surface area (Å²) in [7, 11) is 1.39. The van der Waals surface area contributed by atoms with E-state index in [2.05, 4.69) is 0 Å². The molecule has 0 radical (unpaired) electrons. The molecular formula is C14H19FO3. The first kappa shape index (κ1) is 14.5. The summed E-state index contributed by atoms with van der Waals surface area (Å²) < 4.78 is 24.1. The lowest BCUT2D eigenvalue weighted by atomic mass is 10.00. The Kier molecular flexibility index (Phi) is 4.33. The second-order valence-electron chi connectivity index (χ2n) is 5.12. The molecule has 0 heterocycles. The minimum absolute atomic E-state index is 0.128. The first-order valence-corrected chi connectivity index (χ1v) is 5.81. The summed E-state index contributed by atoms with van der Waals surface area (Å²) in [5, 5.41) is 0. The molecule has 1 atom stereocenters. The van der Waals surface area contributed by atoms with Crippen molar-refractivity contribution in [1.82, 2.24) is 0 Å². The maximum Gasteiger partial charge on any atom is 0.313 e. The fourth-order valence-electron chi connectivity index (χ4n) is 1.54. The minimum Gasteiger partial charge on any atom is -0.494 e. The Labute approximate surface area is 107 Å². The Bertz CT molecular complexity index is 435. The molecule has 4 heteroatoms. The number of carbonyl (C=O) groups excluding carboxylic acids is 1. The van der Waals surface area contributed by atoms with E-state index in [0.717, 1.165) is 0 Å². The molecule has 1 aromatic rings. The molecule has 1 unspecified atom stereocenters. The van der Waals surface area contributed by atoms with Crippen LogP contribution < -0.4 is 4.74 Å². The molecule has 0 aromatic heterocycles. The third kappa shape index (κ3) is 3.45. The maximum absolute atomic E-state index is 14.0. The average Bonchev–Trinajstić information content (AvgIpc) is 2.26. The third-order valence-electron chi connectivity index (χ3n) is 2.44. The first-order chi connectivity index (χ1) is 8.26. The number of rotatable bonds is 3. The number of ether oxygens (including phenoxy) is 2. The molecule has 0 bridgehead atoms. The lowest BCUT2D eigenvalue weighted by Gasteiger charge is -2.22. The van der Waals surface area contributed by atoms with Gasteiger partial charge in [-0.25, -0.2) is 4.39 Å². The number of esters is 1. The molecule has 0 spiro atoms. The minimum atomic E-state index is -0.667. The largest absolute Gasteiger partial charge is 0.494 e. The highest BCUT2D eigenvalue weighted by atomic mass is 19.1. The van der Waals surface area contributed by atoms with E-state index in [4.69, 9.17) is 9.47 Å². The highest BCUT2D eigenvalue weighted by molar-refractivity contribution is 5.78. The molecule has 0 amide bonds. The highest BCUT2D eigenvalue weighted by Gasteiger charge is 2.26. The van der Waals surface area contributed by atoms with Gasteiger partial charge in [0.15, 0.2) is 11.6 Å². The van der Waals surface area contributed by atoms with E-state index in [1.54, 1.807) is 39.8 Å². The molecule has 0 saturated carbocycles. The average molecular weight is 254 g/mol. The van der Waals surface area contributed by atoms with Crippen LogP contribution in [0.25, 0.3) is 0 Å². The number of hydrogen-bond acceptors (Lipinski definition) is 3. The van der Waals surface area contributed by atoms with Gasteiger partial charge < -0.3 is 9.47 Å². The van der Waals surface area contributed by atoms with Crippen molar-refractivity contribution in [3.8, 4) is 5.75 Å². The molecule has 18 heavy (non-hydrogen) atoms. The summed E-state index contributed by atoms with van der Waals surface area (Å²) in [5.74, 6) is -1.50. The van der Waals surface area contributed by atoms with Gasteiger partial charge >= 0.3 is 5.97 Å². The quantitative estimate of drug-likeness (QED) is 0.776. The summed E-state index contributed by atoms with van der Waals surface area (Å²) >= 11 is 0. The van der Waals surface area contributed by atoms with Crippen LogP contribution in [0.15, 0.2) is 18.2 Å². The van der Waals surface area contributed by atoms with E-state index < -0.39 is 23.3 Å².